The lowest BCUT2D eigenvalue weighted by molar-refractivity contribution is 0.529. The van der Waals surface area contributed by atoms with Crippen molar-refractivity contribution in [2.75, 3.05) is 0 Å². The second kappa shape index (κ2) is 5.98. The lowest BCUT2D eigenvalue weighted by Crippen LogP contribution is -2.26. The molecule has 1 nitrogen and oxygen atoms in total. The molecule has 0 aliphatic carbocycles. The van der Waals surface area contributed by atoms with Gasteiger partial charge in [-0.1, -0.05) is 68.5 Å². The molecular formula is C18H17NS. The van der Waals surface area contributed by atoms with Crippen molar-refractivity contribution < 1.29 is 0 Å². The van der Waals surface area contributed by atoms with Crippen molar-refractivity contribution in [1.82, 2.24) is 0 Å². The predicted octanol–water partition coefficient (Wildman–Crippen LogP) is 4.55. The van der Waals surface area contributed by atoms with Crippen LogP contribution in [-0.4, -0.2) is 4.86 Å². The Kier molecular flexibility index (Phi) is 4.32. The highest BCUT2D eigenvalue weighted by atomic mass is 32.1. The molecule has 0 aromatic heterocycles. The number of hydrogen-bond donors (Lipinski definition) is 0. The molecule has 0 fully saturated rings. The van der Waals surface area contributed by atoms with Gasteiger partial charge < -0.3 is 0 Å². The third kappa shape index (κ3) is 3.31. The summed E-state index contributed by atoms with van der Waals surface area (Å²) >= 11 is 5.65. The van der Waals surface area contributed by atoms with E-state index in [0.717, 1.165) is 16.8 Å². The van der Waals surface area contributed by atoms with Crippen molar-refractivity contribution in [2.45, 2.75) is 20.3 Å². The van der Waals surface area contributed by atoms with Crippen molar-refractivity contribution in [3.05, 3.63) is 71.3 Å². The van der Waals surface area contributed by atoms with Crippen LogP contribution in [0.4, 0.5) is 0 Å². The minimum atomic E-state index is -0.0924. The zero-order valence-electron chi connectivity index (χ0n) is 11.8. The van der Waals surface area contributed by atoms with Gasteiger partial charge in [0.05, 0.1) is 11.6 Å². The molecule has 0 amide bonds. The van der Waals surface area contributed by atoms with E-state index in [1.807, 2.05) is 42.5 Å². The second-order valence-electron chi connectivity index (χ2n) is 5.56. The summed E-state index contributed by atoms with van der Waals surface area (Å²) in [5, 5.41) is 8.83. The van der Waals surface area contributed by atoms with Crippen molar-refractivity contribution in [1.29, 1.82) is 5.26 Å². The number of thiocarbonyl (C=S) groups is 1. The first-order chi connectivity index (χ1) is 9.53. The molecule has 0 saturated heterocycles. The van der Waals surface area contributed by atoms with Crippen LogP contribution in [-0.2, 0) is 6.42 Å². The highest BCUT2D eigenvalue weighted by molar-refractivity contribution is 7.81. The van der Waals surface area contributed by atoms with E-state index in [0.29, 0.717) is 5.56 Å². The molecule has 2 rings (SSSR count). The third-order valence-corrected chi connectivity index (χ3v) is 4.17. The van der Waals surface area contributed by atoms with E-state index in [1.165, 1.54) is 5.56 Å². The molecular weight excluding hydrogens is 262 g/mol. The number of nitriles is 1. The Hall–Kier alpha value is -1.98. The van der Waals surface area contributed by atoms with E-state index in [2.05, 4.69) is 32.0 Å². The summed E-state index contributed by atoms with van der Waals surface area (Å²) in [5.74, 6) is 0. The van der Waals surface area contributed by atoms with Gasteiger partial charge in [0.25, 0.3) is 0 Å². The van der Waals surface area contributed by atoms with Crippen LogP contribution in [0, 0.1) is 16.7 Å². The molecule has 0 heterocycles. The van der Waals surface area contributed by atoms with Crippen LogP contribution < -0.4 is 0 Å². The van der Waals surface area contributed by atoms with Crippen LogP contribution in [0.2, 0.25) is 0 Å². The highest BCUT2D eigenvalue weighted by Crippen LogP contribution is 2.28. The maximum absolute atomic E-state index is 8.83. The van der Waals surface area contributed by atoms with Gasteiger partial charge in [-0.3, -0.25) is 0 Å². The highest BCUT2D eigenvalue weighted by Gasteiger charge is 2.25. The van der Waals surface area contributed by atoms with Crippen molar-refractivity contribution in [2.24, 2.45) is 5.41 Å². The quantitative estimate of drug-likeness (QED) is 0.606. The van der Waals surface area contributed by atoms with Crippen LogP contribution >= 0.6 is 12.2 Å². The van der Waals surface area contributed by atoms with Gasteiger partial charge in [-0.25, -0.2) is 0 Å². The van der Waals surface area contributed by atoms with E-state index in [4.69, 9.17) is 17.5 Å². The van der Waals surface area contributed by atoms with Gasteiger partial charge in [-0.05, 0) is 29.7 Å². The van der Waals surface area contributed by atoms with Crippen molar-refractivity contribution in [3.8, 4) is 6.07 Å². The minimum absolute atomic E-state index is 0.0924. The first kappa shape index (κ1) is 14.4. The molecule has 0 radical (unpaired) electrons. The Morgan fingerprint density at radius 2 is 1.65 bits per heavy atom. The van der Waals surface area contributed by atoms with Crippen LogP contribution in [0.15, 0.2) is 54.6 Å². The standard InChI is InChI=1S/C18H17NS/c1-18(2,17(20)16-6-4-3-5-7-16)12-14-8-10-15(13-19)11-9-14/h3-11H,12H2,1-2H3. The number of benzene rings is 2. The van der Waals surface area contributed by atoms with Crippen molar-refractivity contribution >= 4 is 17.1 Å². The van der Waals surface area contributed by atoms with Gasteiger partial charge in [0.2, 0.25) is 0 Å². The van der Waals surface area contributed by atoms with E-state index in [9.17, 15) is 0 Å². The van der Waals surface area contributed by atoms with Gasteiger partial charge in [0, 0.05) is 10.3 Å². The molecule has 0 aliphatic rings. The summed E-state index contributed by atoms with van der Waals surface area (Å²) in [5.41, 5.74) is 2.91. The summed E-state index contributed by atoms with van der Waals surface area (Å²) in [6, 6.07) is 20.0. The summed E-state index contributed by atoms with van der Waals surface area (Å²) in [7, 11) is 0. The number of hydrogen-bond acceptors (Lipinski definition) is 2. The molecule has 2 aromatic rings. The fraction of sp³-hybridized carbons (Fsp3) is 0.222. The Labute approximate surface area is 125 Å². The second-order valence-corrected chi connectivity index (χ2v) is 5.97. The minimum Gasteiger partial charge on any atom is -0.192 e. The Balaban J connectivity index is 2.18. The summed E-state index contributed by atoms with van der Waals surface area (Å²) < 4.78 is 0. The molecule has 2 aromatic carbocycles. The molecule has 0 bridgehead atoms. The monoisotopic (exact) mass is 279 g/mol. The predicted molar refractivity (Wildman–Crippen MR) is 86.8 cm³/mol. The summed E-state index contributed by atoms with van der Waals surface area (Å²) in [4.78, 5) is 0.974. The molecule has 0 atom stereocenters. The Morgan fingerprint density at radius 1 is 1.05 bits per heavy atom. The van der Waals surface area contributed by atoms with Gasteiger partial charge >= 0.3 is 0 Å². The van der Waals surface area contributed by atoms with E-state index >= 15 is 0 Å². The summed E-state index contributed by atoms with van der Waals surface area (Å²) in [6.45, 7) is 4.33. The zero-order chi connectivity index (χ0) is 14.6. The first-order valence-electron chi connectivity index (χ1n) is 6.62. The van der Waals surface area contributed by atoms with Crippen LogP contribution in [0.5, 0.6) is 0 Å². The molecule has 0 spiro atoms. The fourth-order valence-electron chi connectivity index (χ4n) is 2.27. The number of rotatable bonds is 4. The average molecular weight is 279 g/mol. The fourth-order valence-corrected chi connectivity index (χ4v) is 2.48. The van der Waals surface area contributed by atoms with Crippen LogP contribution in [0.3, 0.4) is 0 Å². The maximum atomic E-state index is 8.83. The van der Waals surface area contributed by atoms with Crippen LogP contribution in [0.1, 0.15) is 30.5 Å². The lowest BCUT2D eigenvalue weighted by Gasteiger charge is -2.26. The van der Waals surface area contributed by atoms with Crippen LogP contribution in [0.25, 0.3) is 0 Å². The zero-order valence-corrected chi connectivity index (χ0v) is 12.6. The van der Waals surface area contributed by atoms with Gasteiger partial charge in [-0.2, -0.15) is 5.26 Å². The summed E-state index contributed by atoms with van der Waals surface area (Å²) in [6.07, 6.45) is 0.867. The Morgan fingerprint density at radius 3 is 2.20 bits per heavy atom. The van der Waals surface area contributed by atoms with Crippen molar-refractivity contribution in [3.63, 3.8) is 0 Å². The topological polar surface area (TPSA) is 23.8 Å². The van der Waals surface area contributed by atoms with E-state index in [1.54, 1.807) is 0 Å². The van der Waals surface area contributed by atoms with Gasteiger partial charge in [-0.15, -0.1) is 0 Å². The molecule has 0 unspecified atom stereocenters. The molecule has 2 heteroatoms. The van der Waals surface area contributed by atoms with E-state index in [-0.39, 0.29) is 5.41 Å². The van der Waals surface area contributed by atoms with Gasteiger partial charge in [0.15, 0.2) is 0 Å². The molecule has 100 valence electrons. The third-order valence-electron chi connectivity index (χ3n) is 3.38. The molecule has 0 N–H and O–H groups in total. The molecule has 0 saturated carbocycles. The smallest absolute Gasteiger partial charge is 0.0991 e. The lowest BCUT2D eigenvalue weighted by atomic mass is 9.80. The maximum Gasteiger partial charge on any atom is 0.0991 e. The largest absolute Gasteiger partial charge is 0.192 e. The first-order valence-corrected chi connectivity index (χ1v) is 7.03. The molecule has 20 heavy (non-hydrogen) atoms. The molecule has 0 aliphatic heterocycles. The Bertz CT molecular complexity index is 633. The number of nitrogens with zero attached hydrogens (tertiary/aromatic N) is 1. The average Bonchev–Trinajstić information content (AvgIpc) is 2.48. The van der Waals surface area contributed by atoms with Gasteiger partial charge in [0.1, 0.15) is 0 Å². The van der Waals surface area contributed by atoms with E-state index < -0.39 is 0 Å². The SMILES string of the molecule is CC(C)(Cc1ccc(C#N)cc1)C(=S)c1ccccc1. The normalized spacial score (nSPS) is 10.8.